The van der Waals surface area contributed by atoms with Crippen molar-refractivity contribution in [2.24, 2.45) is 0 Å². The largest absolute Gasteiger partial charge is 0.477 e. The topological polar surface area (TPSA) is 65.5 Å². The van der Waals surface area contributed by atoms with E-state index in [2.05, 4.69) is 29.2 Å². The first-order valence-corrected chi connectivity index (χ1v) is 6.97. The fraction of sp³-hybridized carbons (Fsp3) is 0.667. The summed E-state index contributed by atoms with van der Waals surface area (Å²) in [6.45, 7) is 4.69. The van der Waals surface area contributed by atoms with Crippen molar-refractivity contribution in [3.63, 3.8) is 0 Å². The van der Waals surface area contributed by atoms with Crippen LogP contribution >= 0.6 is 11.3 Å². The van der Waals surface area contributed by atoms with Crippen molar-refractivity contribution in [3.05, 3.63) is 10.6 Å². The van der Waals surface area contributed by atoms with Gasteiger partial charge in [0.15, 0.2) is 5.13 Å². The van der Waals surface area contributed by atoms with Crippen LogP contribution in [0.15, 0.2) is 0 Å². The third-order valence-corrected chi connectivity index (χ3v) is 4.46. The van der Waals surface area contributed by atoms with Gasteiger partial charge in [0, 0.05) is 18.6 Å². The van der Waals surface area contributed by atoms with E-state index >= 15 is 0 Å². The summed E-state index contributed by atoms with van der Waals surface area (Å²) in [5, 5.41) is 12.9. The Balaban J connectivity index is 1.89. The molecule has 18 heavy (non-hydrogen) atoms. The lowest BCUT2D eigenvalue weighted by Gasteiger charge is -2.24. The van der Waals surface area contributed by atoms with E-state index in [1.807, 2.05) is 0 Å². The third kappa shape index (κ3) is 3.00. The molecule has 6 heteroatoms. The SMILES string of the molecule is Cc1nc(NCC(C)N(C)C2CC2)sc1C(=O)O. The Kier molecular flexibility index (Phi) is 3.87. The molecule has 1 aliphatic carbocycles. The Hall–Kier alpha value is -1.14. The summed E-state index contributed by atoms with van der Waals surface area (Å²) in [6, 6.07) is 1.16. The minimum atomic E-state index is -0.902. The number of nitrogens with one attached hydrogen (secondary N) is 1. The summed E-state index contributed by atoms with van der Waals surface area (Å²) < 4.78 is 0. The summed E-state index contributed by atoms with van der Waals surface area (Å²) in [7, 11) is 2.14. The molecule has 2 N–H and O–H groups in total. The van der Waals surface area contributed by atoms with Crippen molar-refractivity contribution in [2.75, 3.05) is 18.9 Å². The van der Waals surface area contributed by atoms with Gasteiger partial charge in [0.25, 0.3) is 0 Å². The minimum Gasteiger partial charge on any atom is -0.477 e. The van der Waals surface area contributed by atoms with E-state index in [0.717, 1.165) is 12.6 Å². The quantitative estimate of drug-likeness (QED) is 0.827. The summed E-state index contributed by atoms with van der Waals surface area (Å²) in [4.78, 5) is 17.8. The van der Waals surface area contributed by atoms with Gasteiger partial charge >= 0.3 is 5.97 Å². The number of thiazole rings is 1. The number of aromatic nitrogens is 1. The molecule has 1 aliphatic rings. The molecule has 1 aromatic rings. The zero-order chi connectivity index (χ0) is 13.3. The van der Waals surface area contributed by atoms with Gasteiger partial charge in [0.2, 0.25) is 0 Å². The molecule has 0 radical (unpaired) electrons. The Morgan fingerprint density at radius 2 is 2.33 bits per heavy atom. The van der Waals surface area contributed by atoms with Crippen molar-refractivity contribution < 1.29 is 9.90 Å². The molecule has 1 heterocycles. The number of carbonyl (C=O) groups is 1. The molecule has 1 aromatic heterocycles. The Morgan fingerprint density at radius 1 is 1.67 bits per heavy atom. The van der Waals surface area contributed by atoms with Gasteiger partial charge in [-0.05, 0) is 33.7 Å². The van der Waals surface area contributed by atoms with Crippen molar-refractivity contribution in [3.8, 4) is 0 Å². The highest BCUT2D eigenvalue weighted by Gasteiger charge is 2.29. The van der Waals surface area contributed by atoms with E-state index in [1.54, 1.807) is 6.92 Å². The van der Waals surface area contributed by atoms with Crippen molar-refractivity contribution in [2.45, 2.75) is 38.8 Å². The molecule has 0 bridgehead atoms. The van der Waals surface area contributed by atoms with Crippen LogP contribution in [0.25, 0.3) is 0 Å². The Morgan fingerprint density at radius 3 is 2.83 bits per heavy atom. The van der Waals surface area contributed by atoms with Crippen LogP contribution in [0.1, 0.15) is 35.1 Å². The maximum absolute atomic E-state index is 10.9. The number of likely N-dealkylation sites (N-methyl/N-ethyl adjacent to an activating group) is 1. The molecular weight excluding hydrogens is 250 g/mol. The van der Waals surface area contributed by atoms with E-state index in [-0.39, 0.29) is 0 Å². The minimum absolute atomic E-state index is 0.320. The van der Waals surface area contributed by atoms with Gasteiger partial charge < -0.3 is 10.4 Å². The molecule has 0 aromatic carbocycles. The van der Waals surface area contributed by atoms with E-state index in [0.29, 0.717) is 21.7 Å². The highest BCUT2D eigenvalue weighted by Crippen LogP contribution is 2.27. The van der Waals surface area contributed by atoms with Crippen LogP contribution in [0.5, 0.6) is 0 Å². The van der Waals surface area contributed by atoms with Gasteiger partial charge in [-0.2, -0.15) is 0 Å². The van der Waals surface area contributed by atoms with Crippen LogP contribution in [0.2, 0.25) is 0 Å². The molecule has 0 aliphatic heterocycles. The fourth-order valence-corrected chi connectivity index (χ4v) is 2.70. The van der Waals surface area contributed by atoms with Gasteiger partial charge in [-0.25, -0.2) is 9.78 Å². The maximum Gasteiger partial charge on any atom is 0.347 e. The maximum atomic E-state index is 10.9. The molecule has 1 fully saturated rings. The number of anilines is 1. The van der Waals surface area contributed by atoms with E-state index in [4.69, 9.17) is 5.11 Å². The molecule has 2 rings (SSSR count). The third-order valence-electron chi connectivity index (χ3n) is 3.36. The molecule has 1 unspecified atom stereocenters. The average molecular weight is 269 g/mol. The van der Waals surface area contributed by atoms with Crippen LogP contribution in [-0.4, -0.2) is 46.6 Å². The Labute approximate surface area is 111 Å². The predicted molar refractivity (Wildman–Crippen MR) is 72.5 cm³/mol. The normalized spacial score (nSPS) is 16.9. The summed E-state index contributed by atoms with van der Waals surface area (Å²) in [5.41, 5.74) is 0.582. The molecule has 0 spiro atoms. The molecule has 1 saturated carbocycles. The van der Waals surface area contributed by atoms with E-state index < -0.39 is 5.97 Å². The lowest BCUT2D eigenvalue weighted by atomic mass is 10.3. The number of hydrogen-bond acceptors (Lipinski definition) is 5. The molecule has 0 amide bonds. The number of aryl methyl sites for hydroxylation is 1. The van der Waals surface area contributed by atoms with Gasteiger partial charge in [0.1, 0.15) is 4.88 Å². The van der Waals surface area contributed by atoms with Gasteiger partial charge in [-0.15, -0.1) is 0 Å². The summed E-state index contributed by atoms with van der Waals surface area (Å²) in [6.07, 6.45) is 2.58. The van der Waals surface area contributed by atoms with Gasteiger partial charge in [0.05, 0.1) is 5.69 Å². The van der Waals surface area contributed by atoms with Crippen molar-refractivity contribution >= 4 is 22.4 Å². The van der Waals surface area contributed by atoms with Crippen LogP contribution in [0, 0.1) is 6.92 Å². The van der Waals surface area contributed by atoms with E-state index in [9.17, 15) is 4.79 Å². The standard InChI is InChI=1S/C12H19N3O2S/c1-7(15(3)9-4-5-9)6-13-12-14-8(2)10(18-12)11(16)17/h7,9H,4-6H2,1-3H3,(H,13,14)(H,16,17). The molecular formula is C12H19N3O2S. The van der Waals surface area contributed by atoms with Crippen LogP contribution < -0.4 is 5.32 Å². The molecule has 0 saturated heterocycles. The Bertz CT molecular complexity index is 443. The lowest BCUT2D eigenvalue weighted by molar-refractivity contribution is 0.0701. The summed E-state index contributed by atoms with van der Waals surface area (Å²) in [5.74, 6) is -0.902. The fourth-order valence-electron chi connectivity index (χ4n) is 1.89. The lowest BCUT2D eigenvalue weighted by Crippen LogP contribution is -2.36. The summed E-state index contributed by atoms with van der Waals surface area (Å²) >= 11 is 1.21. The number of carboxylic acid groups (broad SMARTS) is 1. The predicted octanol–water partition coefficient (Wildman–Crippen LogP) is 2.04. The van der Waals surface area contributed by atoms with Gasteiger partial charge in [-0.3, -0.25) is 4.90 Å². The zero-order valence-corrected chi connectivity index (χ0v) is 11.8. The zero-order valence-electron chi connectivity index (χ0n) is 10.9. The second kappa shape index (κ2) is 5.24. The number of carboxylic acids is 1. The van der Waals surface area contributed by atoms with E-state index in [1.165, 1.54) is 24.2 Å². The number of hydrogen-bond donors (Lipinski definition) is 2. The average Bonchev–Trinajstić information content (AvgIpc) is 3.09. The molecule has 100 valence electrons. The monoisotopic (exact) mass is 269 g/mol. The van der Waals surface area contributed by atoms with Gasteiger partial charge in [-0.1, -0.05) is 11.3 Å². The second-order valence-electron chi connectivity index (χ2n) is 4.87. The highest BCUT2D eigenvalue weighted by molar-refractivity contribution is 7.17. The van der Waals surface area contributed by atoms with Crippen LogP contribution in [-0.2, 0) is 0 Å². The number of rotatable bonds is 6. The first kappa shape index (κ1) is 13.3. The smallest absolute Gasteiger partial charge is 0.347 e. The molecule has 1 atom stereocenters. The van der Waals surface area contributed by atoms with Crippen molar-refractivity contribution in [1.82, 2.24) is 9.88 Å². The number of nitrogens with zero attached hydrogens (tertiary/aromatic N) is 2. The first-order chi connectivity index (χ1) is 8.49. The second-order valence-corrected chi connectivity index (χ2v) is 5.86. The molecule has 5 nitrogen and oxygen atoms in total. The highest BCUT2D eigenvalue weighted by atomic mass is 32.1. The number of aromatic carboxylic acids is 1. The van der Waals surface area contributed by atoms with Crippen LogP contribution in [0.3, 0.4) is 0 Å². The van der Waals surface area contributed by atoms with Crippen LogP contribution in [0.4, 0.5) is 5.13 Å². The van der Waals surface area contributed by atoms with Crippen molar-refractivity contribution in [1.29, 1.82) is 0 Å². The first-order valence-electron chi connectivity index (χ1n) is 6.15.